The molecule has 60 valence electrons. The number of epoxide rings is 1. The van der Waals surface area contributed by atoms with Crippen LogP contribution in [0.25, 0.3) is 0 Å². The maximum atomic E-state index is 10.9. The molecule has 1 aliphatic rings. The Morgan fingerprint density at radius 3 is 2.90 bits per heavy atom. The summed E-state index contributed by atoms with van der Waals surface area (Å²) in [6, 6.07) is 0. The standard InChI is InChI=1S/C7H14O2S/c1-2-10(8)5-3-4-7-6-9-7/h7H,2-6H2,1H3. The molecule has 10 heavy (non-hydrogen) atoms. The van der Waals surface area contributed by atoms with Crippen molar-refractivity contribution in [1.82, 2.24) is 0 Å². The minimum absolute atomic E-state index is 0.508. The minimum atomic E-state index is -0.571. The van der Waals surface area contributed by atoms with Crippen LogP contribution in [-0.4, -0.2) is 28.4 Å². The minimum Gasteiger partial charge on any atom is -0.373 e. The average molecular weight is 162 g/mol. The van der Waals surface area contributed by atoms with Gasteiger partial charge in [-0.3, -0.25) is 4.21 Å². The zero-order chi connectivity index (χ0) is 7.40. The highest BCUT2D eigenvalue weighted by Crippen LogP contribution is 2.15. The lowest BCUT2D eigenvalue weighted by Crippen LogP contribution is -2.00. The first-order valence-corrected chi connectivity index (χ1v) is 5.28. The molecule has 0 amide bonds. The van der Waals surface area contributed by atoms with Crippen LogP contribution in [0.4, 0.5) is 0 Å². The van der Waals surface area contributed by atoms with Crippen molar-refractivity contribution in [3.8, 4) is 0 Å². The lowest BCUT2D eigenvalue weighted by molar-refractivity contribution is 0.395. The SMILES string of the molecule is CCS(=O)CCCC1CO1. The van der Waals surface area contributed by atoms with Crippen molar-refractivity contribution < 1.29 is 8.95 Å². The molecule has 0 aromatic rings. The predicted octanol–water partition coefficient (Wildman–Crippen LogP) is 0.934. The van der Waals surface area contributed by atoms with E-state index in [9.17, 15) is 4.21 Å². The van der Waals surface area contributed by atoms with E-state index in [0.29, 0.717) is 6.10 Å². The first kappa shape index (κ1) is 8.21. The molecule has 1 heterocycles. The van der Waals surface area contributed by atoms with Gasteiger partial charge < -0.3 is 4.74 Å². The lowest BCUT2D eigenvalue weighted by atomic mass is 10.3. The van der Waals surface area contributed by atoms with Gasteiger partial charge in [0, 0.05) is 22.3 Å². The van der Waals surface area contributed by atoms with Gasteiger partial charge >= 0.3 is 0 Å². The molecular formula is C7H14O2S. The van der Waals surface area contributed by atoms with Gasteiger partial charge in [0.1, 0.15) is 0 Å². The number of hydrogen-bond donors (Lipinski definition) is 0. The molecule has 3 heteroatoms. The molecule has 0 bridgehead atoms. The second-order valence-corrected chi connectivity index (χ2v) is 4.40. The van der Waals surface area contributed by atoms with E-state index in [-0.39, 0.29) is 0 Å². The van der Waals surface area contributed by atoms with Crippen LogP contribution in [0.2, 0.25) is 0 Å². The summed E-state index contributed by atoms with van der Waals surface area (Å²) >= 11 is 0. The molecule has 0 N–H and O–H groups in total. The topological polar surface area (TPSA) is 29.6 Å². The van der Waals surface area contributed by atoms with Gasteiger partial charge in [0.2, 0.25) is 0 Å². The summed E-state index contributed by atoms with van der Waals surface area (Å²) < 4.78 is 15.9. The van der Waals surface area contributed by atoms with Gasteiger partial charge in [-0.25, -0.2) is 0 Å². The van der Waals surface area contributed by atoms with Gasteiger partial charge in [0.25, 0.3) is 0 Å². The van der Waals surface area contributed by atoms with Gasteiger partial charge in [-0.1, -0.05) is 6.92 Å². The molecule has 0 aliphatic carbocycles. The fourth-order valence-electron chi connectivity index (χ4n) is 0.851. The molecule has 0 aromatic carbocycles. The summed E-state index contributed by atoms with van der Waals surface area (Å²) in [7, 11) is -0.571. The maximum absolute atomic E-state index is 10.9. The van der Waals surface area contributed by atoms with E-state index in [4.69, 9.17) is 4.74 Å². The van der Waals surface area contributed by atoms with E-state index in [1.807, 2.05) is 6.92 Å². The summed E-state index contributed by atoms with van der Waals surface area (Å²) in [4.78, 5) is 0. The third-order valence-electron chi connectivity index (χ3n) is 1.62. The van der Waals surface area contributed by atoms with Crippen LogP contribution in [0.5, 0.6) is 0 Å². The Balaban J connectivity index is 1.88. The summed E-state index contributed by atoms with van der Waals surface area (Å²) in [5.74, 6) is 1.65. The van der Waals surface area contributed by atoms with E-state index in [1.54, 1.807) is 0 Å². The average Bonchev–Trinajstić information content (AvgIpc) is 2.71. The highest BCUT2D eigenvalue weighted by molar-refractivity contribution is 7.84. The van der Waals surface area contributed by atoms with E-state index >= 15 is 0 Å². The van der Waals surface area contributed by atoms with Crippen LogP contribution in [0.1, 0.15) is 19.8 Å². The molecule has 0 spiro atoms. The van der Waals surface area contributed by atoms with Gasteiger partial charge in [-0.15, -0.1) is 0 Å². The molecule has 1 rings (SSSR count). The second-order valence-electron chi connectivity index (χ2n) is 2.53. The molecule has 1 aliphatic heterocycles. The second kappa shape index (κ2) is 4.09. The maximum Gasteiger partial charge on any atom is 0.0810 e. The van der Waals surface area contributed by atoms with E-state index < -0.39 is 10.8 Å². The third kappa shape index (κ3) is 3.32. The van der Waals surface area contributed by atoms with Crippen LogP contribution < -0.4 is 0 Å². The molecule has 2 nitrogen and oxygen atoms in total. The van der Waals surface area contributed by atoms with Crippen molar-refractivity contribution in [3.05, 3.63) is 0 Å². The molecule has 1 fully saturated rings. The third-order valence-corrected chi connectivity index (χ3v) is 3.01. The van der Waals surface area contributed by atoms with Gasteiger partial charge in [0.05, 0.1) is 12.7 Å². The fraction of sp³-hybridized carbons (Fsp3) is 1.00. The molecule has 0 aromatic heterocycles. The number of ether oxygens (including phenoxy) is 1. The van der Waals surface area contributed by atoms with Crippen molar-refractivity contribution in [1.29, 1.82) is 0 Å². The highest BCUT2D eigenvalue weighted by Gasteiger charge is 2.21. The Labute approximate surface area is 64.4 Å². The molecule has 2 atom stereocenters. The quantitative estimate of drug-likeness (QED) is 0.563. The van der Waals surface area contributed by atoms with Crippen molar-refractivity contribution in [2.24, 2.45) is 0 Å². The fourth-order valence-corrected chi connectivity index (χ4v) is 1.63. The summed E-state index contributed by atoms with van der Waals surface area (Å²) in [5.41, 5.74) is 0. The van der Waals surface area contributed by atoms with E-state index in [2.05, 4.69) is 0 Å². The Kier molecular flexibility index (Phi) is 3.35. The van der Waals surface area contributed by atoms with E-state index in [0.717, 1.165) is 31.0 Å². The van der Waals surface area contributed by atoms with Crippen molar-refractivity contribution in [3.63, 3.8) is 0 Å². The van der Waals surface area contributed by atoms with Crippen LogP contribution >= 0.6 is 0 Å². The zero-order valence-corrected chi connectivity index (χ0v) is 7.15. The van der Waals surface area contributed by atoms with Crippen LogP contribution in [0.15, 0.2) is 0 Å². The number of hydrogen-bond acceptors (Lipinski definition) is 2. The Hall–Kier alpha value is 0.110. The summed E-state index contributed by atoms with van der Waals surface area (Å²) in [6.45, 7) is 2.89. The Bertz CT molecular complexity index is 121. The van der Waals surface area contributed by atoms with Gasteiger partial charge in [-0.2, -0.15) is 0 Å². The molecule has 2 unspecified atom stereocenters. The summed E-state index contributed by atoms with van der Waals surface area (Å²) in [5, 5.41) is 0. The van der Waals surface area contributed by atoms with Crippen LogP contribution in [0, 0.1) is 0 Å². The van der Waals surface area contributed by atoms with Crippen molar-refractivity contribution in [2.45, 2.75) is 25.9 Å². The zero-order valence-electron chi connectivity index (χ0n) is 6.34. The van der Waals surface area contributed by atoms with Gasteiger partial charge in [0.15, 0.2) is 0 Å². The smallest absolute Gasteiger partial charge is 0.0810 e. The molecule has 0 radical (unpaired) electrons. The Morgan fingerprint density at radius 1 is 1.70 bits per heavy atom. The van der Waals surface area contributed by atoms with Gasteiger partial charge in [-0.05, 0) is 12.8 Å². The van der Waals surface area contributed by atoms with Crippen LogP contribution in [0.3, 0.4) is 0 Å². The monoisotopic (exact) mass is 162 g/mol. The largest absolute Gasteiger partial charge is 0.373 e. The molecule has 0 saturated carbocycles. The first-order valence-electron chi connectivity index (χ1n) is 3.79. The molecule has 1 saturated heterocycles. The molecular weight excluding hydrogens is 148 g/mol. The first-order chi connectivity index (χ1) is 4.83. The predicted molar refractivity (Wildman–Crippen MR) is 42.5 cm³/mol. The normalized spacial score (nSPS) is 26.3. The number of rotatable bonds is 5. The highest BCUT2D eigenvalue weighted by atomic mass is 32.2. The summed E-state index contributed by atoms with van der Waals surface area (Å²) in [6.07, 6.45) is 2.67. The Morgan fingerprint density at radius 2 is 2.40 bits per heavy atom. The van der Waals surface area contributed by atoms with Crippen molar-refractivity contribution >= 4 is 10.8 Å². The van der Waals surface area contributed by atoms with Crippen molar-refractivity contribution in [2.75, 3.05) is 18.1 Å². The van der Waals surface area contributed by atoms with Crippen LogP contribution in [-0.2, 0) is 15.5 Å². The lowest BCUT2D eigenvalue weighted by Gasteiger charge is -1.95. The van der Waals surface area contributed by atoms with E-state index in [1.165, 1.54) is 0 Å².